The highest BCUT2D eigenvalue weighted by Gasteiger charge is 2.22. The number of ether oxygens (including phenoxy) is 3. The molecule has 6 nitrogen and oxygen atoms in total. The van der Waals surface area contributed by atoms with Gasteiger partial charge in [-0.3, -0.25) is 4.79 Å². The van der Waals surface area contributed by atoms with Crippen LogP contribution >= 0.6 is 34.8 Å². The van der Waals surface area contributed by atoms with Gasteiger partial charge in [-0.25, -0.2) is 8.42 Å². The summed E-state index contributed by atoms with van der Waals surface area (Å²) in [6.45, 7) is 5.01. The topological polar surface area (TPSA) is 78.9 Å². The van der Waals surface area contributed by atoms with Crippen molar-refractivity contribution in [3.05, 3.63) is 59.8 Å². The molecule has 30 heavy (non-hydrogen) atoms. The van der Waals surface area contributed by atoms with Gasteiger partial charge in [-0.2, -0.15) is 0 Å². The molecular formula is C20H19Cl3O6S. The van der Waals surface area contributed by atoms with Crippen LogP contribution in [0.1, 0.15) is 6.92 Å². The maximum atomic E-state index is 12.9. The van der Waals surface area contributed by atoms with E-state index >= 15 is 0 Å². The van der Waals surface area contributed by atoms with Gasteiger partial charge < -0.3 is 14.2 Å². The number of esters is 1. The Bertz CT molecular complexity index is 954. The molecule has 2 aromatic rings. The van der Waals surface area contributed by atoms with Crippen LogP contribution in [0.4, 0.5) is 0 Å². The molecule has 1 unspecified atom stereocenters. The van der Waals surface area contributed by atoms with Crippen molar-refractivity contribution in [1.82, 2.24) is 0 Å². The van der Waals surface area contributed by atoms with E-state index in [0.29, 0.717) is 12.4 Å². The van der Waals surface area contributed by atoms with Gasteiger partial charge in [-0.1, -0.05) is 23.2 Å². The molecule has 0 bridgehead atoms. The summed E-state index contributed by atoms with van der Waals surface area (Å²) in [6, 6.07) is 8.40. The Hall–Kier alpha value is -1.67. The summed E-state index contributed by atoms with van der Waals surface area (Å²) >= 11 is 18.1. The predicted octanol–water partition coefficient (Wildman–Crippen LogP) is 4.79. The molecule has 0 N–H and O–H groups in total. The van der Waals surface area contributed by atoms with Crippen LogP contribution < -0.4 is 9.47 Å². The first-order valence-corrected chi connectivity index (χ1v) is 11.4. The lowest BCUT2D eigenvalue weighted by molar-refractivity contribution is -0.146. The predicted molar refractivity (Wildman–Crippen MR) is 115 cm³/mol. The van der Waals surface area contributed by atoms with E-state index in [9.17, 15) is 13.2 Å². The van der Waals surface area contributed by atoms with Crippen molar-refractivity contribution in [1.29, 1.82) is 0 Å². The minimum absolute atomic E-state index is 0.00773. The number of alkyl halides is 1. The van der Waals surface area contributed by atoms with Gasteiger partial charge in [0.25, 0.3) is 0 Å². The van der Waals surface area contributed by atoms with Crippen molar-refractivity contribution < 1.29 is 27.4 Å². The summed E-state index contributed by atoms with van der Waals surface area (Å²) in [7, 11) is -3.88. The molecule has 162 valence electrons. The summed E-state index contributed by atoms with van der Waals surface area (Å²) in [5.74, 6) is 0.0696. The van der Waals surface area contributed by atoms with Crippen LogP contribution in [-0.2, 0) is 19.4 Å². The van der Waals surface area contributed by atoms with Crippen molar-refractivity contribution >= 4 is 50.6 Å². The number of halogens is 3. The zero-order valence-electron chi connectivity index (χ0n) is 15.9. The number of hydrogen-bond acceptors (Lipinski definition) is 6. The second kappa shape index (κ2) is 11.1. The van der Waals surface area contributed by atoms with Gasteiger partial charge in [-0.05, 0) is 49.7 Å². The molecule has 0 aliphatic rings. The maximum absolute atomic E-state index is 12.9. The lowest BCUT2D eigenvalue weighted by atomic mass is 10.3. The Morgan fingerprint density at radius 1 is 1.10 bits per heavy atom. The maximum Gasteiger partial charge on any atom is 0.303 e. The first-order chi connectivity index (χ1) is 14.2. The van der Waals surface area contributed by atoms with E-state index in [1.165, 1.54) is 31.2 Å². The number of hydrogen-bond donors (Lipinski definition) is 0. The van der Waals surface area contributed by atoms with Crippen molar-refractivity contribution in [3.63, 3.8) is 0 Å². The fourth-order valence-electron chi connectivity index (χ4n) is 2.36. The fraction of sp³-hybridized carbons (Fsp3) is 0.250. The highest BCUT2D eigenvalue weighted by atomic mass is 35.5. The van der Waals surface area contributed by atoms with Gasteiger partial charge in [0.1, 0.15) is 18.5 Å². The summed E-state index contributed by atoms with van der Waals surface area (Å²) in [6.07, 6.45) is 0.876. The van der Waals surface area contributed by atoms with E-state index in [4.69, 9.17) is 49.0 Å². The molecule has 0 aliphatic carbocycles. The Morgan fingerprint density at radius 2 is 1.70 bits per heavy atom. The van der Waals surface area contributed by atoms with Crippen LogP contribution in [0.5, 0.6) is 11.5 Å². The van der Waals surface area contributed by atoms with Crippen LogP contribution in [0.3, 0.4) is 0 Å². The fourth-order valence-corrected chi connectivity index (χ4v) is 4.55. The summed E-state index contributed by atoms with van der Waals surface area (Å²) < 4.78 is 41.7. The molecule has 0 fully saturated rings. The quantitative estimate of drug-likeness (QED) is 0.350. The van der Waals surface area contributed by atoms with E-state index in [1.807, 2.05) is 0 Å². The van der Waals surface area contributed by atoms with Gasteiger partial charge >= 0.3 is 5.97 Å². The second-order valence-corrected chi connectivity index (χ2v) is 9.06. The molecule has 0 heterocycles. The molecule has 0 amide bonds. The van der Waals surface area contributed by atoms with Crippen LogP contribution in [-0.4, -0.2) is 39.6 Å². The number of carbonyl (C=O) groups excluding carboxylic acids is 1. The van der Waals surface area contributed by atoms with E-state index in [-0.39, 0.29) is 38.1 Å². The number of benzene rings is 2. The Labute approximate surface area is 190 Å². The van der Waals surface area contributed by atoms with E-state index in [0.717, 1.165) is 0 Å². The van der Waals surface area contributed by atoms with Gasteiger partial charge in [0.05, 0.1) is 32.3 Å². The monoisotopic (exact) mass is 492 g/mol. The number of rotatable bonds is 10. The first-order valence-electron chi connectivity index (χ1n) is 8.63. The Morgan fingerprint density at radius 3 is 2.20 bits per heavy atom. The molecule has 2 radical (unpaired) electrons. The van der Waals surface area contributed by atoms with Gasteiger partial charge in [-0.15, -0.1) is 11.6 Å². The normalized spacial score (nSPS) is 12.3. The van der Waals surface area contributed by atoms with Gasteiger partial charge in [0.2, 0.25) is 9.84 Å². The average molecular weight is 494 g/mol. The van der Waals surface area contributed by atoms with Crippen molar-refractivity contribution in [2.24, 2.45) is 0 Å². The molecule has 2 aromatic carbocycles. The Balaban J connectivity index is 2.23. The van der Waals surface area contributed by atoms with Crippen LogP contribution in [0.2, 0.25) is 10.0 Å². The van der Waals surface area contributed by atoms with E-state index < -0.39 is 21.9 Å². The van der Waals surface area contributed by atoms with Crippen molar-refractivity contribution in [2.75, 3.05) is 19.1 Å². The zero-order valence-corrected chi connectivity index (χ0v) is 19.0. The van der Waals surface area contributed by atoms with E-state index in [2.05, 4.69) is 6.92 Å². The van der Waals surface area contributed by atoms with Crippen LogP contribution in [0.25, 0.3) is 0 Å². The molecule has 0 spiro atoms. The third kappa shape index (κ3) is 6.41. The minimum atomic E-state index is -3.88. The highest BCUT2D eigenvalue weighted by molar-refractivity contribution is 7.91. The molecule has 10 heteroatoms. The lowest BCUT2D eigenvalue weighted by Crippen LogP contribution is -2.25. The minimum Gasteiger partial charge on any atom is -0.493 e. The largest absolute Gasteiger partial charge is 0.493 e. The summed E-state index contributed by atoms with van der Waals surface area (Å²) in [5.41, 5.74) is 0. The Kier molecular flexibility index (Phi) is 9.09. The molecule has 2 rings (SSSR count). The lowest BCUT2D eigenvalue weighted by Gasteiger charge is -2.17. The highest BCUT2D eigenvalue weighted by Crippen LogP contribution is 2.37. The van der Waals surface area contributed by atoms with Crippen molar-refractivity contribution in [2.45, 2.75) is 22.8 Å². The van der Waals surface area contributed by atoms with Crippen molar-refractivity contribution in [3.8, 4) is 11.5 Å². The molecule has 0 saturated carbocycles. The molecule has 0 aliphatic heterocycles. The van der Waals surface area contributed by atoms with Crippen LogP contribution in [0, 0.1) is 13.3 Å². The summed E-state index contributed by atoms with van der Waals surface area (Å²) in [4.78, 5) is 11.0. The third-order valence-corrected chi connectivity index (χ3v) is 6.36. The SMILES string of the molecule is [CH2][CH]COc1ccc(S(=O)(=O)c2cc(Cl)c(OCC(CCl)OC(C)=O)c(Cl)c2)cc1. The molecule has 0 saturated heterocycles. The summed E-state index contributed by atoms with van der Waals surface area (Å²) in [5, 5.41) is -0.0219. The van der Waals surface area contributed by atoms with Crippen LogP contribution in [0.15, 0.2) is 46.2 Å². The zero-order chi connectivity index (χ0) is 22.3. The van der Waals surface area contributed by atoms with Gasteiger partial charge in [0, 0.05) is 6.92 Å². The second-order valence-electron chi connectivity index (χ2n) is 5.99. The van der Waals surface area contributed by atoms with E-state index in [1.54, 1.807) is 18.6 Å². The number of sulfone groups is 1. The van der Waals surface area contributed by atoms with Gasteiger partial charge in [0.15, 0.2) is 5.75 Å². The molecule has 0 aromatic heterocycles. The third-order valence-electron chi connectivity index (χ3n) is 3.70. The number of carbonyl (C=O) groups is 1. The average Bonchev–Trinajstić information content (AvgIpc) is 2.70. The molecule has 1 atom stereocenters. The first kappa shape index (κ1) is 24.6. The molecular weight excluding hydrogens is 475 g/mol. The standard InChI is InChI=1S/C20H19Cl3O6S/c1-3-8-27-14-4-6-16(7-5-14)30(25,26)17-9-18(22)20(19(23)10-17)28-12-15(11-21)29-13(2)24/h3-7,9-10,15H,1,8,11-12H2,2H3. The smallest absolute Gasteiger partial charge is 0.303 e.